The van der Waals surface area contributed by atoms with Gasteiger partial charge < -0.3 is 25.2 Å². The van der Waals surface area contributed by atoms with E-state index in [0.717, 1.165) is 31.2 Å². The molecule has 36 heavy (non-hydrogen) atoms. The molecule has 9 heteroatoms. The molecule has 3 rings (SSSR count). The van der Waals surface area contributed by atoms with E-state index >= 15 is 0 Å². The molecule has 1 amide bonds. The van der Waals surface area contributed by atoms with E-state index in [1.807, 2.05) is 57.2 Å². The van der Waals surface area contributed by atoms with Gasteiger partial charge in [-0.1, -0.05) is 43.2 Å². The topological polar surface area (TPSA) is 123 Å². The molecule has 0 saturated carbocycles. The summed E-state index contributed by atoms with van der Waals surface area (Å²) < 4.78 is 11.1. The summed E-state index contributed by atoms with van der Waals surface area (Å²) in [5, 5.41) is 16.5. The molecular weight excluding hydrogens is 460 g/mol. The predicted octanol–water partition coefficient (Wildman–Crippen LogP) is 5.40. The maximum atomic E-state index is 12.0. The van der Waals surface area contributed by atoms with Crippen LogP contribution in [0.25, 0.3) is 10.9 Å². The molecule has 0 aliphatic heterocycles. The van der Waals surface area contributed by atoms with Gasteiger partial charge in [0, 0.05) is 24.7 Å². The molecule has 0 aliphatic rings. The number of hydrogen-bond donors (Lipinski definition) is 3. The number of carboxylic acid groups (broad SMARTS) is 1. The molecule has 192 valence electrons. The number of fused-ring (bicyclic) bond motifs is 1. The summed E-state index contributed by atoms with van der Waals surface area (Å²) in [4.78, 5) is 32.4. The van der Waals surface area contributed by atoms with Gasteiger partial charge in [0.15, 0.2) is 11.4 Å². The normalized spacial score (nSPS) is 11.2. The molecule has 0 spiro atoms. The number of nitrogens with zero attached hydrogens (tertiary/aromatic N) is 2. The van der Waals surface area contributed by atoms with Gasteiger partial charge in [-0.15, -0.1) is 0 Å². The van der Waals surface area contributed by atoms with E-state index in [9.17, 15) is 14.7 Å². The van der Waals surface area contributed by atoms with Crippen LogP contribution in [-0.4, -0.2) is 45.8 Å². The van der Waals surface area contributed by atoms with Crippen LogP contribution >= 0.6 is 0 Å². The van der Waals surface area contributed by atoms with Crippen LogP contribution in [0.4, 0.5) is 10.6 Å². The number of aromatic nitrogens is 2. The number of anilines is 1. The third-order valence-electron chi connectivity index (χ3n) is 5.21. The van der Waals surface area contributed by atoms with Crippen molar-refractivity contribution >= 4 is 28.8 Å². The molecule has 0 atom stereocenters. The van der Waals surface area contributed by atoms with Crippen molar-refractivity contribution in [3.05, 3.63) is 59.9 Å². The second-order valence-corrected chi connectivity index (χ2v) is 9.39. The minimum atomic E-state index is -1.17. The summed E-state index contributed by atoms with van der Waals surface area (Å²) >= 11 is 0. The first-order valence-electron chi connectivity index (χ1n) is 12.1. The lowest BCUT2D eigenvalue weighted by atomic mass is 10.1. The van der Waals surface area contributed by atoms with E-state index < -0.39 is 17.7 Å². The van der Waals surface area contributed by atoms with E-state index in [-0.39, 0.29) is 18.1 Å². The molecule has 0 bridgehead atoms. The zero-order chi connectivity index (χ0) is 26.0. The molecule has 0 saturated heterocycles. The quantitative estimate of drug-likeness (QED) is 0.286. The molecule has 0 fully saturated rings. The zero-order valence-corrected chi connectivity index (χ0v) is 21.0. The Morgan fingerprint density at radius 1 is 0.972 bits per heavy atom. The van der Waals surface area contributed by atoms with Gasteiger partial charge >= 0.3 is 12.1 Å². The Balaban J connectivity index is 1.56. The van der Waals surface area contributed by atoms with Crippen LogP contribution in [0.1, 0.15) is 62.5 Å². The molecule has 2 heterocycles. The average molecular weight is 495 g/mol. The largest absolute Gasteiger partial charge is 0.484 e. The highest BCUT2D eigenvalue weighted by Gasteiger charge is 2.21. The Hall–Kier alpha value is -3.88. The number of alkyl carbamates (subject to hydrolysis) is 1. The molecule has 0 radical (unpaired) electrons. The Kier molecular flexibility index (Phi) is 9.44. The van der Waals surface area contributed by atoms with Crippen LogP contribution < -0.4 is 15.4 Å². The summed E-state index contributed by atoms with van der Waals surface area (Å²) in [6.07, 6.45) is 4.81. The van der Waals surface area contributed by atoms with Crippen LogP contribution in [0.5, 0.6) is 5.75 Å². The van der Waals surface area contributed by atoms with Crippen LogP contribution in [0.2, 0.25) is 0 Å². The average Bonchev–Trinajstić information content (AvgIpc) is 2.84. The van der Waals surface area contributed by atoms with Gasteiger partial charge in [-0.05, 0) is 51.3 Å². The van der Waals surface area contributed by atoms with Crippen molar-refractivity contribution in [3.63, 3.8) is 0 Å². The summed E-state index contributed by atoms with van der Waals surface area (Å²) in [6.45, 7) is 6.89. The highest BCUT2D eigenvalue weighted by atomic mass is 16.6. The first-order chi connectivity index (χ1) is 17.2. The van der Waals surface area contributed by atoms with Gasteiger partial charge in [0.25, 0.3) is 0 Å². The van der Waals surface area contributed by atoms with Crippen molar-refractivity contribution in [2.75, 3.05) is 18.4 Å². The smallest absolute Gasteiger partial charge is 0.407 e. The number of unbranched alkanes of at least 4 members (excludes halogenated alkanes) is 3. The Bertz CT molecular complexity index is 1160. The Morgan fingerprint density at radius 3 is 2.39 bits per heavy atom. The Labute approximate surface area is 211 Å². The maximum Gasteiger partial charge on any atom is 0.407 e. The van der Waals surface area contributed by atoms with E-state index in [1.54, 1.807) is 12.3 Å². The summed E-state index contributed by atoms with van der Waals surface area (Å²) in [5.41, 5.74) is 0.696. The van der Waals surface area contributed by atoms with Gasteiger partial charge in [0.1, 0.15) is 23.5 Å². The molecule has 2 aromatic heterocycles. The van der Waals surface area contributed by atoms with E-state index in [4.69, 9.17) is 9.47 Å². The molecule has 0 unspecified atom stereocenters. The fourth-order valence-corrected chi connectivity index (χ4v) is 3.57. The first-order valence-corrected chi connectivity index (χ1v) is 12.1. The fraction of sp³-hybridized carbons (Fsp3) is 0.407. The van der Waals surface area contributed by atoms with Crippen LogP contribution in [0, 0.1) is 0 Å². The van der Waals surface area contributed by atoms with Crippen molar-refractivity contribution < 1.29 is 24.2 Å². The van der Waals surface area contributed by atoms with Crippen LogP contribution in [-0.2, 0) is 11.3 Å². The Morgan fingerprint density at radius 2 is 1.69 bits per heavy atom. The maximum absolute atomic E-state index is 12.0. The number of pyridine rings is 2. The van der Waals surface area contributed by atoms with Gasteiger partial charge in [-0.2, -0.15) is 0 Å². The minimum absolute atomic E-state index is 0.157. The fourth-order valence-electron chi connectivity index (χ4n) is 3.57. The van der Waals surface area contributed by atoms with Crippen molar-refractivity contribution in [1.29, 1.82) is 0 Å². The summed E-state index contributed by atoms with van der Waals surface area (Å²) in [5.74, 6) is -0.551. The highest BCUT2D eigenvalue weighted by molar-refractivity contribution is 6.01. The number of nitrogens with one attached hydrogen (secondary N) is 2. The summed E-state index contributed by atoms with van der Waals surface area (Å²) in [7, 11) is 0. The SMILES string of the molecule is CC(C)(C)OC(=O)NCCCCCCNc1nc(C(=O)O)c(OCc2ccccc2)c2ncccc12. The van der Waals surface area contributed by atoms with Crippen molar-refractivity contribution in [3.8, 4) is 5.75 Å². The molecule has 3 N–H and O–H groups in total. The van der Waals surface area contributed by atoms with E-state index in [1.165, 1.54) is 0 Å². The molecule has 3 aromatic rings. The molecule has 9 nitrogen and oxygen atoms in total. The second-order valence-electron chi connectivity index (χ2n) is 9.39. The number of amides is 1. The zero-order valence-electron chi connectivity index (χ0n) is 21.0. The number of carbonyl (C=O) groups is 2. The van der Waals surface area contributed by atoms with E-state index in [0.29, 0.717) is 29.8 Å². The number of carboxylic acids is 1. The monoisotopic (exact) mass is 494 g/mol. The lowest BCUT2D eigenvalue weighted by molar-refractivity contribution is 0.0526. The number of carbonyl (C=O) groups excluding carboxylic acids is 1. The lowest BCUT2D eigenvalue weighted by Gasteiger charge is -2.19. The van der Waals surface area contributed by atoms with E-state index in [2.05, 4.69) is 20.6 Å². The van der Waals surface area contributed by atoms with Gasteiger partial charge in [0.05, 0.1) is 0 Å². The van der Waals surface area contributed by atoms with Crippen molar-refractivity contribution in [1.82, 2.24) is 15.3 Å². The number of hydrogen-bond acceptors (Lipinski definition) is 7. The van der Waals surface area contributed by atoms with Crippen molar-refractivity contribution in [2.45, 2.75) is 58.7 Å². The lowest BCUT2D eigenvalue weighted by Crippen LogP contribution is -2.32. The predicted molar refractivity (Wildman–Crippen MR) is 138 cm³/mol. The van der Waals surface area contributed by atoms with Crippen LogP contribution in [0.3, 0.4) is 0 Å². The molecule has 1 aromatic carbocycles. The second kappa shape index (κ2) is 12.7. The minimum Gasteiger partial charge on any atom is -0.484 e. The number of benzene rings is 1. The van der Waals surface area contributed by atoms with Crippen LogP contribution in [0.15, 0.2) is 48.7 Å². The third kappa shape index (κ3) is 8.11. The summed E-state index contributed by atoms with van der Waals surface area (Å²) in [6, 6.07) is 13.2. The number of ether oxygens (including phenoxy) is 2. The first kappa shape index (κ1) is 26.7. The van der Waals surface area contributed by atoms with Gasteiger partial charge in [-0.25, -0.2) is 14.6 Å². The van der Waals surface area contributed by atoms with Gasteiger partial charge in [-0.3, -0.25) is 4.98 Å². The molecule has 0 aliphatic carbocycles. The number of rotatable bonds is 12. The standard InChI is InChI=1S/C27H34N4O5/c1-27(2,3)36-26(34)30-16-10-5-4-9-15-29-24-20-14-11-17-28-21(20)23(22(31-24)25(32)33)35-18-19-12-7-6-8-13-19/h6-8,11-14,17H,4-5,9-10,15-16,18H2,1-3H3,(H,29,31)(H,30,34)(H,32,33). The molecular formula is C27H34N4O5. The van der Waals surface area contributed by atoms with Crippen molar-refractivity contribution in [2.24, 2.45) is 0 Å². The highest BCUT2D eigenvalue weighted by Crippen LogP contribution is 2.32. The van der Waals surface area contributed by atoms with Gasteiger partial charge in [0.2, 0.25) is 0 Å². The third-order valence-corrected chi connectivity index (χ3v) is 5.21. The number of aromatic carboxylic acids is 1.